The van der Waals surface area contributed by atoms with Crippen molar-refractivity contribution >= 4 is 23.6 Å². The summed E-state index contributed by atoms with van der Waals surface area (Å²) in [7, 11) is 0. The van der Waals surface area contributed by atoms with Gasteiger partial charge >= 0.3 is 0 Å². The minimum atomic E-state index is -0.284. The van der Waals surface area contributed by atoms with Gasteiger partial charge in [-0.3, -0.25) is 9.78 Å². The number of carbonyl (C=O) groups excluding carboxylic acids is 1. The molecule has 1 aromatic rings. The molecule has 0 spiro atoms. The van der Waals surface area contributed by atoms with E-state index in [0.29, 0.717) is 5.56 Å². The van der Waals surface area contributed by atoms with E-state index in [1.165, 1.54) is 6.20 Å². The highest BCUT2D eigenvalue weighted by molar-refractivity contribution is 7.78. The molecule has 0 aliphatic heterocycles. The quantitative estimate of drug-likeness (QED) is 0.516. The molecule has 0 atom stereocenters. The molecule has 0 unspecified atom stereocenters. The largest absolute Gasteiger partial charge is 0.310 e. The minimum absolute atomic E-state index is 0.284. The van der Waals surface area contributed by atoms with E-state index in [2.05, 4.69) is 28.0 Å². The third kappa shape index (κ3) is 2.09. The van der Waals surface area contributed by atoms with Gasteiger partial charge in [0.2, 0.25) is 0 Å². The van der Waals surface area contributed by atoms with Gasteiger partial charge in [-0.25, -0.2) is 0 Å². The molecule has 1 radical (unpaired) electrons. The molecule has 55 valence electrons. The van der Waals surface area contributed by atoms with E-state index in [0.717, 1.165) is 0 Å². The molecule has 1 N–H and O–H groups in total. The third-order valence-electron chi connectivity index (χ3n) is 1.09. The molecule has 0 bridgehead atoms. The number of hydrogen-bond acceptors (Lipinski definition) is 3. The second-order valence-corrected chi connectivity index (χ2v) is 2.00. The molecule has 0 saturated carbocycles. The van der Waals surface area contributed by atoms with Gasteiger partial charge in [-0.1, -0.05) is 12.2 Å². The number of thiocarbonyl (C=S) groups is 1. The molecular formula is C7H5N2OS. The zero-order valence-corrected chi connectivity index (χ0v) is 6.39. The van der Waals surface area contributed by atoms with Crippen molar-refractivity contribution in [2.75, 3.05) is 0 Å². The molecule has 4 heteroatoms. The van der Waals surface area contributed by atoms with Crippen LogP contribution < -0.4 is 5.32 Å². The summed E-state index contributed by atoms with van der Waals surface area (Å²) >= 11 is 4.33. The van der Waals surface area contributed by atoms with E-state index in [-0.39, 0.29) is 5.91 Å². The van der Waals surface area contributed by atoms with E-state index in [1.54, 1.807) is 18.3 Å². The Balaban J connectivity index is 2.77. The Morgan fingerprint density at radius 2 is 2.55 bits per heavy atom. The number of nitrogens with zero attached hydrogens (tertiary/aromatic N) is 1. The van der Waals surface area contributed by atoms with Gasteiger partial charge in [-0.05, 0) is 12.1 Å². The van der Waals surface area contributed by atoms with E-state index in [4.69, 9.17) is 0 Å². The summed E-state index contributed by atoms with van der Waals surface area (Å²) < 4.78 is 0. The van der Waals surface area contributed by atoms with Gasteiger partial charge < -0.3 is 5.32 Å². The molecule has 0 saturated heterocycles. The van der Waals surface area contributed by atoms with Gasteiger partial charge in [-0.2, -0.15) is 0 Å². The van der Waals surface area contributed by atoms with Crippen LogP contribution in [0.15, 0.2) is 24.5 Å². The van der Waals surface area contributed by atoms with Crippen molar-refractivity contribution in [3.63, 3.8) is 0 Å². The standard InChI is InChI=1S/C7H5N2OS/c10-7(9-5-11)6-2-1-3-8-4-6/h1-4H,(H,9,10,11). The monoisotopic (exact) mass is 165 g/mol. The van der Waals surface area contributed by atoms with Crippen molar-refractivity contribution in [3.05, 3.63) is 30.1 Å². The lowest BCUT2D eigenvalue weighted by Gasteiger charge is -1.95. The average molecular weight is 165 g/mol. The molecule has 0 aliphatic rings. The zero-order chi connectivity index (χ0) is 8.10. The van der Waals surface area contributed by atoms with E-state index in [9.17, 15) is 4.79 Å². The Morgan fingerprint density at radius 3 is 3.09 bits per heavy atom. The second kappa shape index (κ2) is 3.78. The number of rotatable bonds is 2. The third-order valence-corrected chi connectivity index (χ3v) is 1.19. The lowest BCUT2D eigenvalue weighted by atomic mass is 10.3. The van der Waals surface area contributed by atoms with Crippen LogP contribution in [0.1, 0.15) is 10.4 Å². The zero-order valence-electron chi connectivity index (χ0n) is 5.57. The summed E-state index contributed by atoms with van der Waals surface area (Å²) in [6, 6.07) is 3.33. The van der Waals surface area contributed by atoms with Gasteiger partial charge in [0, 0.05) is 12.4 Å². The molecule has 3 nitrogen and oxygen atoms in total. The summed E-state index contributed by atoms with van der Waals surface area (Å²) in [4.78, 5) is 14.7. The lowest BCUT2D eigenvalue weighted by molar-refractivity contribution is 0.0979. The maximum Gasteiger partial charge on any atom is 0.257 e. The maximum atomic E-state index is 11.0. The molecule has 1 rings (SSSR count). The smallest absolute Gasteiger partial charge is 0.257 e. The van der Waals surface area contributed by atoms with Crippen LogP contribution in [-0.2, 0) is 0 Å². The van der Waals surface area contributed by atoms with E-state index in [1.807, 2.05) is 0 Å². The number of carbonyl (C=O) groups is 1. The van der Waals surface area contributed by atoms with Crippen LogP contribution in [0.4, 0.5) is 0 Å². The van der Waals surface area contributed by atoms with Gasteiger partial charge in [0.05, 0.1) is 5.56 Å². The Labute approximate surface area is 69.5 Å². The fraction of sp³-hybridized carbons (Fsp3) is 0. The van der Waals surface area contributed by atoms with Crippen molar-refractivity contribution in [1.29, 1.82) is 0 Å². The molecule has 1 aromatic heterocycles. The second-order valence-electron chi connectivity index (χ2n) is 1.80. The van der Waals surface area contributed by atoms with Crippen molar-refractivity contribution in [2.24, 2.45) is 0 Å². The van der Waals surface area contributed by atoms with Crippen LogP contribution in [-0.4, -0.2) is 16.4 Å². The van der Waals surface area contributed by atoms with Crippen molar-refractivity contribution in [2.45, 2.75) is 0 Å². The summed E-state index contributed by atoms with van der Waals surface area (Å²) in [6.07, 6.45) is 3.06. The van der Waals surface area contributed by atoms with Crippen molar-refractivity contribution in [3.8, 4) is 0 Å². The number of nitrogens with one attached hydrogen (secondary N) is 1. The number of amides is 1. The minimum Gasteiger partial charge on any atom is -0.310 e. The highest BCUT2D eigenvalue weighted by atomic mass is 32.1. The summed E-state index contributed by atoms with van der Waals surface area (Å²) in [5, 5.41) is 2.25. The first-order valence-electron chi connectivity index (χ1n) is 2.92. The molecule has 0 fully saturated rings. The summed E-state index contributed by atoms with van der Waals surface area (Å²) in [6.45, 7) is 0. The molecular weight excluding hydrogens is 160 g/mol. The van der Waals surface area contributed by atoms with E-state index >= 15 is 0 Å². The van der Waals surface area contributed by atoms with Crippen molar-refractivity contribution < 1.29 is 4.79 Å². The normalized spacial score (nSPS) is 8.73. The highest BCUT2D eigenvalue weighted by Gasteiger charge is 2.00. The summed E-state index contributed by atoms with van der Waals surface area (Å²) in [5.41, 5.74) is 2.60. The van der Waals surface area contributed by atoms with Crippen LogP contribution in [0.3, 0.4) is 0 Å². The number of aromatic nitrogens is 1. The lowest BCUT2D eigenvalue weighted by Crippen LogP contribution is -2.20. The Hall–Kier alpha value is -1.29. The van der Waals surface area contributed by atoms with Crippen LogP contribution in [0.2, 0.25) is 0 Å². The topological polar surface area (TPSA) is 42.0 Å². The van der Waals surface area contributed by atoms with Crippen LogP contribution >= 0.6 is 12.2 Å². The van der Waals surface area contributed by atoms with Gasteiger partial charge in [0.1, 0.15) is 5.49 Å². The van der Waals surface area contributed by atoms with Gasteiger partial charge in [-0.15, -0.1) is 0 Å². The predicted molar refractivity (Wildman–Crippen MR) is 44.3 cm³/mol. The Morgan fingerprint density at radius 1 is 1.73 bits per heavy atom. The van der Waals surface area contributed by atoms with Crippen LogP contribution in [0, 0.1) is 0 Å². The first kappa shape index (κ1) is 7.81. The van der Waals surface area contributed by atoms with Crippen LogP contribution in [0.25, 0.3) is 0 Å². The molecule has 1 amide bonds. The average Bonchev–Trinajstić information content (AvgIpc) is 2.07. The highest BCUT2D eigenvalue weighted by Crippen LogP contribution is 1.93. The predicted octanol–water partition coefficient (Wildman–Crippen LogP) is 0.646. The fourth-order valence-corrected chi connectivity index (χ4v) is 0.708. The van der Waals surface area contributed by atoms with Gasteiger partial charge in [0.25, 0.3) is 5.91 Å². The van der Waals surface area contributed by atoms with E-state index < -0.39 is 0 Å². The first-order chi connectivity index (χ1) is 5.34. The molecule has 11 heavy (non-hydrogen) atoms. The Bertz CT molecular complexity index is 260. The number of pyridine rings is 1. The molecule has 0 aromatic carbocycles. The summed E-state index contributed by atoms with van der Waals surface area (Å²) in [5.74, 6) is -0.284. The maximum absolute atomic E-state index is 11.0. The Kier molecular flexibility index (Phi) is 2.68. The first-order valence-corrected chi connectivity index (χ1v) is 3.33. The number of hydrogen-bond donors (Lipinski definition) is 1. The SMILES string of the molecule is O=C(N[C]=S)c1cccnc1. The van der Waals surface area contributed by atoms with Crippen LogP contribution in [0.5, 0.6) is 0 Å². The molecule has 1 heterocycles. The fourth-order valence-electron chi connectivity index (χ4n) is 0.616. The van der Waals surface area contributed by atoms with Crippen molar-refractivity contribution in [1.82, 2.24) is 10.3 Å². The molecule has 0 aliphatic carbocycles. The van der Waals surface area contributed by atoms with Gasteiger partial charge in [0.15, 0.2) is 0 Å².